The van der Waals surface area contributed by atoms with E-state index in [0.29, 0.717) is 17.3 Å². The van der Waals surface area contributed by atoms with E-state index in [-0.39, 0.29) is 11.0 Å². The lowest BCUT2D eigenvalue weighted by molar-refractivity contribution is -0.287. The minimum Gasteiger partial charge on any atom is -0.365 e. The second-order valence-electron chi connectivity index (χ2n) is 7.21. The molecule has 0 spiro atoms. The van der Waals surface area contributed by atoms with Gasteiger partial charge < -0.3 is 9.84 Å². The fraction of sp³-hybridized carbons (Fsp3) is 1.00. The summed E-state index contributed by atoms with van der Waals surface area (Å²) in [5.41, 5.74) is 0.339. The van der Waals surface area contributed by atoms with E-state index in [0.717, 1.165) is 32.1 Å². The maximum absolute atomic E-state index is 10.7. The number of rotatable bonds is 0. The van der Waals surface area contributed by atoms with Crippen LogP contribution in [0.15, 0.2) is 0 Å². The highest BCUT2D eigenvalue weighted by Gasteiger charge is 2.61. The van der Waals surface area contributed by atoms with Crippen LogP contribution in [0.3, 0.4) is 0 Å². The summed E-state index contributed by atoms with van der Waals surface area (Å²) in [5.74, 6) is 0.00131. The van der Waals surface area contributed by atoms with Gasteiger partial charge in [-0.2, -0.15) is 0 Å². The van der Waals surface area contributed by atoms with E-state index in [1.54, 1.807) is 0 Å². The van der Waals surface area contributed by atoms with E-state index in [4.69, 9.17) is 16.3 Å². The first kappa shape index (κ1) is 12.3. The Morgan fingerprint density at radius 1 is 1.12 bits per heavy atom. The molecule has 5 unspecified atom stereocenters. The normalized spacial score (nSPS) is 56.6. The van der Waals surface area contributed by atoms with Gasteiger partial charge >= 0.3 is 0 Å². The molecule has 2 bridgehead atoms. The molecule has 3 fully saturated rings. The number of fused-ring (bicyclic) bond motifs is 4. The molecule has 0 aromatic heterocycles. The van der Waals surface area contributed by atoms with Crippen molar-refractivity contribution in [1.29, 1.82) is 0 Å². The standard InChI is InChI=1S/C14H23ClO2/c1-12(2)8-10-9(12)4-6-13(3,15)11-5-7-14(10,16)17-11/h9-11,16H,4-8H2,1-3H3. The van der Waals surface area contributed by atoms with Crippen LogP contribution in [0.1, 0.15) is 52.9 Å². The lowest BCUT2D eigenvalue weighted by atomic mass is 9.51. The van der Waals surface area contributed by atoms with Gasteiger partial charge in [0.15, 0.2) is 5.79 Å². The monoisotopic (exact) mass is 258 g/mol. The lowest BCUT2D eigenvalue weighted by Gasteiger charge is -2.58. The Labute approximate surface area is 109 Å². The van der Waals surface area contributed by atoms with Crippen LogP contribution in [0.25, 0.3) is 0 Å². The second-order valence-corrected chi connectivity index (χ2v) is 8.08. The van der Waals surface area contributed by atoms with Crippen molar-refractivity contribution in [3.8, 4) is 0 Å². The summed E-state index contributed by atoms with van der Waals surface area (Å²) in [7, 11) is 0. The lowest BCUT2D eigenvalue weighted by Crippen LogP contribution is -2.58. The van der Waals surface area contributed by atoms with Crippen LogP contribution >= 0.6 is 11.6 Å². The van der Waals surface area contributed by atoms with Crippen LogP contribution in [0.4, 0.5) is 0 Å². The van der Waals surface area contributed by atoms with Gasteiger partial charge in [-0.25, -0.2) is 0 Å². The van der Waals surface area contributed by atoms with Gasteiger partial charge in [-0.15, -0.1) is 11.6 Å². The second kappa shape index (κ2) is 3.40. The predicted molar refractivity (Wildman–Crippen MR) is 67.9 cm³/mol. The fourth-order valence-corrected chi connectivity index (χ4v) is 4.57. The molecule has 5 atom stereocenters. The first-order valence-corrected chi connectivity index (χ1v) is 7.22. The zero-order valence-corrected chi connectivity index (χ0v) is 11.8. The van der Waals surface area contributed by atoms with Gasteiger partial charge in [0.2, 0.25) is 0 Å². The molecule has 3 aliphatic rings. The summed E-state index contributed by atoms with van der Waals surface area (Å²) >= 11 is 6.60. The predicted octanol–water partition coefficient (Wildman–Crippen LogP) is 3.31. The van der Waals surface area contributed by atoms with Crippen LogP contribution in [-0.2, 0) is 4.74 Å². The molecule has 1 N–H and O–H groups in total. The van der Waals surface area contributed by atoms with Crippen LogP contribution in [0.5, 0.6) is 0 Å². The first-order valence-electron chi connectivity index (χ1n) is 6.84. The zero-order valence-electron chi connectivity index (χ0n) is 11.0. The number of ether oxygens (including phenoxy) is 1. The molecule has 0 aromatic rings. The molecule has 3 rings (SSSR count). The van der Waals surface area contributed by atoms with Crippen molar-refractivity contribution in [2.45, 2.75) is 69.6 Å². The maximum Gasteiger partial charge on any atom is 0.169 e. The largest absolute Gasteiger partial charge is 0.365 e. The summed E-state index contributed by atoms with van der Waals surface area (Å²) in [6, 6.07) is 0. The minimum atomic E-state index is -0.887. The fourth-order valence-electron chi connectivity index (χ4n) is 4.31. The number of aliphatic hydroxyl groups is 1. The number of alkyl halides is 1. The Bertz CT molecular complexity index is 339. The van der Waals surface area contributed by atoms with Crippen LogP contribution in [0.2, 0.25) is 0 Å². The highest BCUT2D eigenvalue weighted by Crippen LogP contribution is 2.62. The zero-order chi connectivity index (χ0) is 12.5. The molecule has 1 aliphatic carbocycles. The van der Waals surface area contributed by atoms with Gasteiger partial charge in [-0.05, 0) is 43.9 Å². The third-order valence-electron chi connectivity index (χ3n) is 5.54. The van der Waals surface area contributed by atoms with Crippen LogP contribution in [-0.4, -0.2) is 21.9 Å². The van der Waals surface area contributed by atoms with Crippen molar-refractivity contribution >= 4 is 11.6 Å². The Kier molecular flexibility index (Phi) is 2.45. The van der Waals surface area contributed by atoms with Gasteiger partial charge in [0.05, 0.1) is 11.0 Å². The highest BCUT2D eigenvalue weighted by atomic mass is 35.5. The molecule has 98 valence electrons. The summed E-state index contributed by atoms with van der Waals surface area (Å²) in [4.78, 5) is -0.304. The molecule has 0 amide bonds. The van der Waals surface area contributed by atoms with E-state index in [9.17, 15) is 5.11 Å². The van der Waals surface area contributed by atoms with E-state index in [2.05, 4.69) is 20.8 Å². The minimum absolute atomic E-state index is 0.0267. The maximum atomic E-state index is 10.7. The molecule has 2 heterocycles. The molecule has 0 radical (unpaired) electrons. The van der Waals surface area contributed by atoms with E-state index < -0.39 is 5.79 Å². The molecule has 2 aliphatic heterocycles. The molecular formula is C14H23ClO2. The number of halogens is 1. The number of hydrogen-bond donors (Lipinski definition) is 1. The Balaban J connectivity index is 1.90. The third kappa shape index (κ3) is 1.67. The Morgan fingerprint density at radius 3 is 2.47 bits per heavy atom. The Morgan fingerprint density at radius 2 is 1.82 bits per heavy atom. The van der Waals surface area contributed by atoms with Crippen molar-refractivity contribution in [1.82, 2.24) is 0 Å². The smallest absolute Gasteiger partial charge is 0.169 e. The van der Waals surface area contributed by atoms with Gasteiger partial charge in [-0.1, -0.05) is 13.8 Å². The summed E-state index contributed by atoms with van der Waals surface area (Å²) in [6.07, 6.45) is 4.90. The first-order chi connectivity index (χ1) is 7.75. The van der Waals surface area contributed by atoms with E-state index in [1.807, 2.05) is 0 Å². The van der Waals surface area contributed by atoms with Crippen LogP contribution in [0, 0.1) is 17.3 Å². The molecule has 1 saturated carbocycles. The molecule has 3 heteroatoms. The topological polar surface area (TPSA) is 29.5 Å². The van der Waals surface area contributed by atoms with Gasteiger partial charge in [0.1, 0.15) is 0 Å². The summed E-state index contributed by atoms with van der Waals surface area (Å²) in [6.45, 7) is 6.67. The van der Waals surface area contributed by atoms with Crippen LogP contribution < -0.4 is 0 Å². The molecule has 0 aromatic carbocycles. The molecule has 2 nitrogen and oxygen atoms in total. The van der Waals surface area contributed by atoms with E-state index in [1.165, 1.54) is 0 Å². The highest BCUT2D eigenvalue weighted by molar-refractivity contribution is 6.24. The number of hydrogen-bond acceptors (Lipinski definition) is 2. The van der Waals surface area contributed by atoms with Gasteiger partial charge in [-0.3, -0.25) is 0 Å². The van der Waals surface area contributed by atoms with Crippen molar-refractivity contribution < 1.29 is 9.84 Å². The quantitative estimate of drug-likeness (QED) is 0.676. The van der Waals surface area contributed by atoms with E-state index >= 15 is 0 Å². The Hall–Kier alpha value is 0.210. The van der Waals surface area contributed by atoms with Crippen molar-refractivity contribution in [3.05, 3.63) is 0 Å². The van der Waals surface area contributed by atoms with Crippen molar-refractivity contribution in [2.24, 2.45) is 17.3 Å². The molecular weight excluding hydrogens is 236 g/mol. The summed E-state index contributed by atoms with van der Waals surface area (Å²) in [5, 5.41) is 10.7. The molecule has 2 saturated heterocycles. The SMILES string of the molecule is CC1(C)CC2C1CCC(C)(Cl)C1CCC2(O)O1. The molecule has 17 heavy (non-hydrogen) atoms. The van der Waals surface area contributed by atoms with Gasteiger partial charge in [0.25, 0.3) is 0 Å². The van der Waals surface area contributed by atoms with Gasteiger partial charge in [0, 0.05) is 12.3 Å². The summed E-state index contributed by atoms with van der Waals surface area (Å²) < 4.78 is 5.96. The average Bonchev–Trinajstić information content (AvgIpc) is 2.59. The van der Waals surface area contributed by atoms with Crippen molar-refractivity contribution in [3.63, 3.8) is 0 Å². The average molecular weight is 259 g/mol. The van der Waals surface area contributed by atoms with Crippen molar-refractivity contribution in [2.75, 3.05) is 0 Å². The third-order valence-corrected chi connectivity index (χ3v) is 5.97.